The van der Waals surface area contributed by atoms with Gasteiger partial charge in [0.05, 0.1) is 16.8 Å². The number of rotatable bonds is 3. The molecule has 3 aromatic rings. The first-order valence-electron chi connectivity index (χ1n) is 7.27. The van der Waals surface area contributed by atoms with Gasteiger partial charge in [-0.05, 0) is 30.7 Å². The number of carbonyl (C=O) groups excluding carboxylic acids is 1. The number of fused-ring (bicyclic) bond motifs is 1. The van der Waals surface area contributed by atoms with Crippen LogP contribution < -0.4 is 5.32 Å². The standard InChI is InChI=1S/C16H15N3O2S/c20-16(19-8-3-9-19)17-10-11-6-7-13(21-11)15-18-12-4-1-2-5-14(12)22-15/h1-2,4-7H,3,8-10H2,(H,17,20). The minimum Gasteiger partial charge on any atom is -0.457 e. The van der Waals surface area contributed by atoms with Gasteiger partial charge in [-0.1, -0.05) is 12.1 Å². The normalized spacial score (nSPS) is 14.1. The summed E-state index contributed by atoms with van der Waals surface area (Å²) in [4.78, 5) is 18.1. The number of nitrogens with zero attached hydrogens (tertiary/aromatic N) is 2. The highest BCUT2D eigenvalue weighted by atomic mass is 32.1. The first kappa shape index (κ1) is 13.3. The van der Waals surface area contributed by atoms with Crippen molar-refractivity contribution in [2.45, 2.75) is 13.0 Å². The van der Waals surface area contributed by atoms with Crippen molar-refractivity contribution in [3.8, 4) is 10.8 Å². The van der Waals surface area contributed by atoms with Crippen LogP contribution in [0.2, 0.25) is 0 Å². The zero-order valence-corrected chi connectivity index (χ0v) is 12.7. The van der Waals surface area contributed by atoms with Crippen molar-refractivity contribution in [3.05, 3.63) is 42.2 Å². The molecule has 1 aliphatic rings. The fourth-order valence-corrected chi connectivity index (χ4v) is 3.29. The Morgan fingerprint density at radius 1 is 1.27 bits per heavy atom. The molecule has 2 amide bonds. The zero-order chi connectivity index (χ0) is 14.9. The lowest BCUT2D eigenvalue weighted by atomic mass is 10.2. The summed E-state index contributed by atoms with van der Waals surface area (Å²) in [6, 6.07) is 11.8. The molecule has 0 aliphatic carbocycles. The van der Waals surface area contributed by atoms with Gasteiger partial charge in [0.2, 0.25) is 0 Å². The van der Waals surface area contributed by atoms with Gasteiger partial charge in [-0.25, -0.2) is 9.78 Å². The van der Waals surface area contributed by atoms with E-state index in [1.54, 1.807) is 16.2 Å². The predicted octanol–water partition coefficient (Wildman–Crippen LogP) is 3.47. The minimum absolute atomic E-state index is 0.0239. The van der Waals surface area contributed by atoms with E-state index >= 15 is 0 Å². The number of hydrogen-bond acceptors (Lipinski definition) is 4. The third kappa shape index (κ3) is 2.46. The van der Waals surface area contributed by atoms with Gasteiger partial charge >= 0.3 is 6.03 Å². The molecule has 0 saturated carbocycles. The predicted molar refractivity (Wildman–Crippen MR) is 85.7 cm³/mol. The topological polar surface area (TPSA) is 58.4 Å². The summed E-state index contributed by atoms with van der Waals surface area (Å²) >= 11 is 1.61. The number of para-hydroxylation sites is 1. The summed E-state index contributed by atoms with van der Waals surface area (Å²) in [5.74, 6) is 1.48. The van der Waals surface area contributed by atoms with Crippen LogP contribution in [-0.2, 0) is 6.54 Å². The lowest BCUT2D eigenvalue weighted by molar-refractivity contribution is 0.166. The Morgan fingerprint density at radius 2 is 2.14 bits per heavy atom. The molecule has 4 rings (SSSR count). The molecule has 22 heavy (non-hydrogen) atoms. The van der Waals surface area contributed by atoms with Crippen molar-refractivity contribution in [1.82, 2.24) is 15.2 Å². The van der Waals surface area contributed by atoms with Crippen molar-refractivity contribution >= 4 is 27.6 Å². The molecule has 1 saturated heterocycles. The lowest BCUT2D eigenvalue weighted by Crippen LogP contribution is -2.47. The second-order valence-electron chi connectivity index (χ2n) is 5.25. The number of amides is 2. The van der Waals surface area contributed by atoms with E-state index in [2.05, 4.69) is 10.3 Å². The van der Waals surface area contributed by atoms with E-state index in [0.717, 1.165) is 46.3 Å². The number of likely N-dealkylation sites (tertiary alicyclic amines) is 1. The van der Waals surface area contributed by atoms with Crippen molar-refractivity contribution in [3.63, 3.8) is 0 Å². The Balaban J connectivity index is 1.47. The smallest absolute Gasteiger partial charge is 0.317 e. The molecule has 112 valence electrons. The highest BCUT2D eigenvalue weighted by Gasteiger charge is 2.20. The van der Waals surface area contributed by atoms with Gasteiger partial charge in [-0.2, -0.15) is 0 Å². The number of thiazole rings is 1. The van der Waals surface area contributed by atoms with E-state index in [1.165, 1.54) is 0 Å². The Kier molecular flexibility index (Phi) is 3.31. The van der Waals surface area contributed by atoms with Crippen molar-refractivity contribution in [2.75, 3.05) is 13.1 Å². The largest absolute Gasteiger partial charge is 0.457 e. The molecule has 0 unspecified atom stereocenters. The highest BCUT2D eigenvalue weighted by Crippen LogP contribution is 2.31. The second kappa shape index (κ2) is 5.46. The van der Waals surface area contributed by atoms with Gasteiger partial charge in [0, 0.05) is 13.1 Å². The van der Waals surface area contributed by atoms with Gasteiger partial charge < -0.3 is 14.6 Å². The number of carbonyl (C=O) groups is 1. The molecular weight excluding hydrogens is 298 g/mol. The number of urea groups is 1. The first-order chi connectivity index (χ1) is 10.8. The maximum atomic E-state index is 11.8. The van der Waals surface area contributed by atoms with Crippen molar-refractivity contribution in [2.24, 2.45) is 0 Å². The van der Waals surface area contributed by atoms with Crippen LogP contribution in [0.4, 0.5) is 4.79 Å². The molecular formula is C16H15N3O2S. The fourth-order valence-electron chi connectivity index (χ4n) is 2.36. The number of furan rings is 1. The third-order valence-electron chi connectivity index (χ3n) is 3.72. The Hall–Kier alpha value is -2.34. The van der Waals surface area contributed by atoms with Crippen molar-refractivity contribution in [1.29, 1.82) is 0 Å². The lowest BCUT2D eigenvalue weighted by Gasteiger charge is -2.30. The monoisotopic (exact) mass is 313 g/mol. The van der Waals surface area contributed by atoms with Crippen LogP contribution in [0.3, 0.4) is 0 Å². The molecule has 2 aromatic heterocycles. The summed E-state index contributed by atoms with van der Waals surface area (Å²) in [5, 5.41) is 3.73. The number of aromatic nitrogens is 1. The van der Waals surface area contributed by atoms with Crippen LogP contribution in [0, 0.1) is 0 Å². The molecule has 1 aromatic carbocycles. The van der Waals surface area contributed by atoms with Gasteiger partial charge in [-0.15, -0.1) is 11.3 Å². The maximum Gasteiger partial charge on any atom is 0.317 e. The number of nitrogens with one attached hydrogen (secondary N) is 1. The first-order valence-corrected chi connectivity index (χ1v) is 8.09. The van der Waals surface area contributed by atoms with Gasteiger partial charge in [0.15, 0.2) is 10.8 Å². The van der Waals surface area contributed by atoms with Gasteiger partial charge in [-0.3, -0.25) is 0 Å². The summed E-state index contributed by atoms with van der Waals surface area (Å²) < 4.78 is 6.94. The van der Waals surface area contributed by atoms with Gasteiger partial charge in [0.25, 0.3) is 0 Å². The highest BCUT2D eigenvalue weighted by molar-refractivity contribution is 7.21. The average molecular weight is 313 g/mol. The molecule has 6 heteroatoms. The number of hydrogen-bond donors (Lipinski definition) is 1. The molecule has 5 nitrogen and oxygen atoms in total. The van der Waals surface area contributed by atoms with E-state index < -0.39 is 0 Å². The SMILES string of the molecule is O=C(NCc1ccc(-c2nc3ccccc3s2)o1)N1CCC1. The molecule has 0 radical (unpaired) electrons. The van der Waals surface area contributed by atoms with E-state index in [-0.39, 0.29) is 6.03 Å². The molecule has 1 N–H and O–H groups in total. The van der Waals surface area contributed by atoms with E-state index in [9.17, 15) is 4.79 Å². The van der Waals surface area contributed by atoms with Crippen LogP contribution in [0.15, 0.2) is 40.8 Å². The molecule has 3 heterocycles. The van der Waals surface area contributed by atoms with Crippen LogP contribution in [0.25, 0.3) is 21.0 Å². The van der Waals surface area contributed by atoms with Crippen molar-refractivity contribution < 1.29 is 9.21 Å². The zero-order valence-electron chi connectivity index (χ0n) is 11.9. The Morgan fingerprint density at radius 3 is 2.91 bits per heavy atom. The van der Waals surface area contributed by atoms with E-state index in [1.807, 2.05) is 36.4 Å². The number of benzene rings is 1. The Bertz CT molecular complexity index is 787. The second-order valence-corrected chi connectivity index (χ2v) is 6.28. The van der Waals surface area contributed by atoms with Gasteiger partial charge in [0.1, 0.15) is 5.76 Å². The Labute approximate surface area is 131 Å². The van der Waals surface area contributed by atoms with Crippen LogP contribution in [0.1, 0.15) is 12.2 Å². The maximum absolute atomic E-state index is 11.8. The average Bonchev–Trinajstić information content (AvgIpc) is 3.09. The quantitative estimate of drug-likeness (QED) is 0.805. The molecule has 0 atom stereocenters. The summed E-state index contributed by atoms with van der Waals surface area (Å²) in [6.45, 7) is 2.10. The summed E-state index contributed by atoms with van der Waals surface area (Å²) in [6.07, 6.45) is 1.09. The van der Waals surface area contributed by atoms with Crippen LogP contribution in [-0.4, -0.2) is 29.0 Å². The molecule has 1 aliphatic heterocycles. The minimum atomic E-state index is -0.0239. The molecule has 0 spiro atoms. The third-order valence-corrected chi connectivity index (χ3v) is 4.77. The molecule has 1 fully saturated rings. The van der Waals surface area contributed by atoms with Crippen LogP contribution >= 0.6 is 11.3 Å². The fraction of sp³-hybridized carbons (Fsp3) is 0.250. The summed E-state index contributed by atoms with van der Waals surface area (Å²) in [5.41, 5.74) is 0.978. The molecule has 0 bridgehead atoms. The van der Waals surface area contributed by atoms with E-state index in [0.29, 0.717) is 6.54 Å². The van der Waals surface area contributed by atoms with Crippen LogP contribution in [0.5, 0.6) is 0 Å². The van der Waals surface area contributed by atoms with E-state index in [4.69, 9.17) is 4.42 Å². The summed E-state index contributed by atoms with van der Waals surface area (Å²) in [7, 11) is 0.